The third-order valence-electron chi connectivity index (χ3n) is 5.43. The lowest BCUT2D eigenvalue weighted by Crippen LogP contribution is -2.47. The highest BCUT2D eigenvalue weighted by Crippen LogP contribution is 2.17. The number of carbonyl (C=O) groups excluding carboxylic acids is 1. The second-order valence-corrected chi connectivity index (χ2v) is 8.44. The highest BCUT2D eigenvalue weighted by Gasteiger charge is 2.24. The molecular formula is C22H35N3O3. The fourth-order valence-electron chi connectivity index (χ4n) is 3.85. The normalized spacial score (nSPS) is 17.1. The third-order valence-corrected chi connectivity index (χ3v) is 5.43. The van der Waals surface area contributed by atoms with Crippen LogP contribution in [0.3, 0.4) is 0 Å². The maximum atomic E-state index is 12.4. The molecule has 0 aromatic heterocycles. The molecule has 1 atom stereocenters. The van der Waals surface area contributed by atoms with Gasteiger partial charge >= 0.3 is 5.97 Å². The first kappa shape index (κ1) is 22.4. The summed E-state index contributed by atoms with van der Waals surface area (Å²) in [6, 6.07) is 8.77. The maximum absolute atomic E-state index is 12.4. The molecule has 0 aliphatic carbocycles. The number of likely N-dealkylation sites (tertiary alicyclic amines) is 1. The molecular weight excluding hydrogens is 354 g/mol. The van der Waals surface area contributed by atoms with Crippen LogP contribution in [0.1, 0.15) is 50.8 Å². The Bertz CT molecular complexity index is 637. The van der Waals surface area contributed by atoms with Crippen LogP contribution < -0.4 is 5.32 Å². The van der Waals surface area contributed by atoms with Crippen LogP contribution in [0.15, 0.2) is 24.3 Å². The van der Waals surface area contributed by atoms with E-state index in [1.807, 2.05) is 18.9 Å². The van der Waals surface area contributed by atoms with Gasteiger partial charge in [-0.2, -0.15) is 0 Å². The SMILES string of the molecule is CC(C)Cc1ccc(C(C)NC(=O)CN2CCC(N(C)CC(=O)O)CC2)cc1. The Morgan fingerprint density at radius 3 is 2.32 bits per heavy atom. The predicted octanol–water partition coefficient (Wildman–Crippen LogP) is 2.54. The van der Waals surface area contributed by atoms with Gasteiger partial charge in [0.2, 0.25) is 5.91 Å². The van der Waals surface area contributed by atoms with E-state index in [1.165, 1.54) is 5.56 Å². The lowest BCUT2D eigenvalue weighted by atomic mass is 10.00. The van der Waals surface area contributed by atoms with E-state index in [2.05, 4.69) is 48.3 Å². The largest absolute Gasteiger partial charge is 0.480 e. The predicted molar refractivity (Wildman–Crippen MR) is 111 cm³/mol. The number of hydrogen-bond donors (Lipinski definition) is 2. The fraction of sp³-hybridized carbons (Fsp3) is 0.636. The quantitative estimate of drug-likeness (QED) is 0.679. The number of rotatable bonds is 9. The Labute approximate surface area is 168 Å². The highest BCUT2D eigenvalue weighted by molar-refractivity contribution is 5.78. The molecule has 1 fully saturated rings. The van der Waals surface area contributed by atoms with Crippen LogP contribution in [0, 0.1) is 5.92 Å². The molecule has 6 nitrogen and oxygen atoms in total. The number of nitrogens with one attached hydrogen (secondary N) is 1. The van der Waals surface area contributed by atoms with E-state index >= 15 is 0 Å². The molecule has 28 heavy (non-hydrogen) atoms. The Balaban J connectivity index is 1.75. The molecule has 6 heteroatoms. The van der Waals surface area contributed by atoms with Gasteiger partial charge in [0.15, 0.2) is 0 Å². The summed E-state index contributed by atoms with van der Waals surface area (Å²) in [4.78, 5) is 27.3. The topological polar surface area (TPSA) is 72.9 Å². The van der Waals surface area contributed by atoms with E-state index < -0.39 is 5.97 Å². The van der Waals surface area contributed by atoms with Gasteiger partial charge in [-0.05, 0) is 50.3 Å². The lowest BCUT2D eigenvalue weighted by molar-refractivity contribution is -0.138. The van der Waals surface area contributed by atoms with Crippen molar-refractivity contribution in [1.82, 2.24) is 15.1 Å². The number of likely N-dealkylation sites (N-methyl/N-ethyl adjacent to an activating group) is 1. The minimum atomic E-state index is -0.796. The molecule has 2 N–H and O–H groups in total. The van der Waals surface area contributed by atoms with Gasteiger partial charge in [0.05, 0.1) is 19.1 Å². The number of nitrogens with zero attached hydrogens (tertiary/aromatic N) is 2. The van der Waals surface area contributed by atoms with Crippen molar-refractivity contribution in [3.63, 3.8) is 0 Å². The van der Waals surface area contributed by atoms with Gasteiger partial charge in [-0.1, -0.05) is 38.1 Å². The van der Waals surface area contributed by atoms with Crippen LogP contribution in [-0.4, -0.2) is 66.1 Å². The third kappa shape index (κ3) is 7.24. The highest BCUT2D eigenvalue weighted by atomic mass is 16.4. The Kier molecular flexibility index (Phi) is 8.45. The van der Waals surface area contributed by atoms with Crippen molar-refractivity contribution in [2.75, 3.05) is 33.2 Å². The Morgan fingerprint density at radius 1 is 1.18 bits per heavy atom. The molecule has 0 radical (unpaired) electrons. The van der Waals surface area contributed by atoms with E-state index in [1.54, 1.807) is 0 Å². The van der Waals surface area contributed by atoms with Crippen LogP contribution in [0.4, 0.5) is 0 Å². The summed E-state index contributed by atoms with van der Waals surface area (Å²) < 4.78 is 0. The molecule has 1 aliphatic heterocycles. The second-order valence-electron chi connectivity index (χ2n) is 8.44. The van der Waals surface area contributed by atoms with Crippen molar-refractivity contribution >= 4 is 11.9 Å². The van der Waals surface area contributed by atoms with E-state index in [0.29, 0.717) is 12.5 Å². The molecule has 0 spiro atoms. The van der Waals surface area contributed by atoms with E-state index in [9.17, 15) is 9.59 Å². The second kappa shape index (κ2) is 10.6. The van der Waals surface area contributed by atoms with Gasteiger partial charge < -0.3 is 10.4 Å². The number of hydrogen-bond acceptors (Lipinski definition) is 4. The monoisotopic (exact) mass is 389 g/mol. The van der Waals surface area contributed by atoms with E-state index in [4.69, 9.17) is 5.11 Å². The summed E-state index contributed by atoms with van der Waals surface area (Å²) in [5.41, 5.74) is 2.45. The van der Waals surface area contributed by atoms with Crippen molar-refractivity contribution in [3.05, 3.63) is 35.4 Å². The number of piperidine rings is 1. The van der Waals surface area contributed by atoms with Gasteiger partial charge in [-0.3, -0.25) is 19.4 Å². The minimum absolute atomic E-state index is 0.0140. The van der Waals surface area contributed by atoms with Gasteiger partial charge in [-0.15, -0.1) is 0 Å². The first-order valence-electron chi connectivity index (χ1n) is 10.3. The molecule has 1 aromatic rings. The number of benzene rings is 1. The molecule has 1 aromatic carbocycles. The maximum Gasteiger partial charge on any atom is 0.317 e. The van der Waals surface area contributed by atoms with Crippen LogP contribution in [0.25, 0.3) is 0 Å². The molecule has 0 bridgehead atoms. The molecule has 156 valence electrons. The van der Waals surface area contributed by atoms with Gasteiger partial charge in [0.1, 0.15) is 0 Å². The molecule has 1 unspecified atom stereocenters. The van der Waals surface area contributed by atoms with Gasteiger partial charge in [0, 0.05) is 19.1 Å². The van der Waals surface area contributed by atoms with Crippen molar-refractivity contribution in [2.24, 2.45) is 5.92 Å². The summed E-state index contributed by atoms with van der Waals surface area (Å²) in [6.07, 6.45) is 2.85. The van der Waals surface area contributed by atoms with Crippen molar-refractivity contribution in [3.8, 4) is 0 Å². The van der Waals surface area contributed by atoms with Crippen LogP contribution >= 0.6 is 0 Å². The lowest BCUT2D eigenvalue weighted by Gasteiger charge is -2.35. The Morgan fingerprint density at radius 2 is 1.79 bits per heavy atom. The van der Waals surface area contributed by atoms with Crippen molar-refractivity contribution in [2.45, 2.75) is 52.1 Å². The Hall–Kier alpha value is -1.92. The molecule has 2 rings (SSSR count). The summed E-state index contributed by atoms with van der Waals surface area (Å²) in [5.74, 6) is -0.123. The summed E-state index contributed by atoms with van der Waals surface area (Å²) >= 11 is 0. The molecule has 1 aliphatic rings. The zero-order chi connectivity index (χ0) is 20.7. The van der Waals surface area contributed by atoms with Crippen LogP contribution in [0.2, 0.25) is 0 Å². The number of carboxylic acid groups (broad SMARTS) is 1. The van der Waals surface area contributed by atoms with E-state index in [-0.39, 0.29) is 24.5 Å². The molecule has 1 amide bonds. The number of carboxylic acids is 1. The first-order chi connectivity index (χ1) is 13.2. The number of amides is 1. The van der Waals surface area contributed by atoms with Crippen LogP contribution in [0.5, 0.6) is 0 Å². The molecule has 1 saturated heterocycles. The fourth-order valence-corrected chi connectivity index (χ4v) is 3.85. The minimum Gasteiger partial charge on any atom is -0.480 e. The van der Waals surface area contributed by atoms with Crippen LogP contribution in [-0.2, 0) is 16.0 Å². The zero-order valence-electron chi connectivity index (χ0n) is 17.6. The number of carbonyl (C=O) groups is 2. The van der Waals surface area contributed by atoms with Gasteiger partial charge in [0.25, 0.3) is 0 Å². The average molecular weight is 390 g/mol. The average Bonchev–Trinajstić information content (AvgIpc) is 2.61. The summed E-state index contributed by atoms with van der Waals surface area (Å²) in [5, 5.41) is 12.0. The zero-order valence-corrected chi connectivity index (χ0v) is 17.6. The van der Waals surface area contributed by atoms with Gasteiger partial charge in [-0.25, -0.2) is 0 Å². The molecule has 0 saturated carbocycles. The number of aliphatic carboxylic acids is 1. The standard InChI is InChI=1S/C22H35N3O3/c1-16(2)13-18-5-7-19(8-6-18)17(3)23-21(26)14-25-11-9-20(10-12-25)24(4)15-22(27)28/h5-8,16-17,20H,9-15H2,1-4H3,(H,23,26)(H,27,28). The van der Waals surface area contributed by atoms with Crippen molar-refractivity contribution < 1.29 is 14.7 Å². The van der Waals surface area contributed by atoms with Crippen molar-refractivity contribution in [1.29, 1.82) is 0 Å². The smallest absolute Gasteiger partial charge is 0.317 e. The molecule has 1 heterocycles. The summed E-state index contributed by atoms with van der Waals surface area (Å²) in [7, 11) is 1.86. The first-order valence-corrected chi connectivity index (χ1v) is 10.3. The summed E-state index contributed by atoms with van der Waals surface area (Å²) in [6.45, 7) is 8.54. The van der Waals surface area contributed by atoms with E-state index in [0.717, 1.165) is 37.9 Å².